The number of ether oxygens (including phenoxy) is 1. The van der Waals surface area contributed by atoms with Crippen molar-refractivity contribution < 1.29 is 13.9 Å². The lowest BCUT2D eigenvalue weighted by atomic mass is 10.2. The number of carbonyl (C=O) groups is 1. The van der Waals surface area contributed by atoms with Gasteiger partial charge >= 0.3 is 0 Å². The van der Waals surface area contributed by atoms with E-state index in [2.05, 4.69) is 15.0 Å². The number of aromatic nitrogens is 3. The van der Waals surface area contributed by atoms with Crippen molar-refractivity contribution >= 4 is 22.9 Å². The van der Waals surface area contributed by atoms with Crippen LogP contribution in [-0.2, 0) is 11.4 Å². The van der Waals surface area contributed by atoms with E-state index in [-0.39, 0.29) is 18.2 Å². The van der Waals surface area contributed by atoms with E-state index in [9.17, 15) is 9.18 Å². The van der Waals surface area contributed by atoms with Gasteiger partial charge in [-0.05, 0) is 36.8 Å². The molecule has 0 radical (unpaired) electrons. The molecule has 0 fully saturated rings. The van der Waals surface area contributed by atoms with Crippen LogP contribution in [0.25, 0.3) is 17.1 Å². The van der Waals surface area contributed by atoms with Gasteiger partial charge in [-0.2, -0.15) is 0 Å². The van der Waals surface area contributed by atoms with Gasteiger partial charge in [0.1, 0.15) is 24.4 Å². The average molecular weight is 311 g/mol. The number of nitrogens with one attached hydrogen (secondary N) is 1. The Morgan fingerprint density at radius 2 is 2.26 bits per heavy atom. The van der Waals surface area contributed by atoms with Crippen LogP contribution < -0.4 is 4.74 Å². The van der Waals surface area contributed by atoms with Gasteiger partial charge in [0.25, 0.3) is 0 Å². The van der Waals surface area contributed by atoms with Crippen molar-refractivity contribution in [3.63, 3.8) is 0 Å². The van der Waals surface area contributed by atoms with Crippen LogP contribution in [0.1, 0.15) is 18.1 Å². The fourth-order valence-electron chi connectivity index (χ4n) is 2.18. The fraction of sp³-hybridized carbons (Fsp3) is 0.118. The molecule has 1 aromatic carbocycles. The number of carbonyl (C=O) groups excluding carboxylic acids is 1. The van der Waals surface area contributed by atoms with Crippen LogP contribution in [0.5, 0.6) is 5.88 Å². The number of hydrogen-bond acceptors (Lipinski definition) is 4. The summed E-state index contributed by atoms with van der Waals surface area (Å²) in [6.07, 6.45) is 6.26. The lowest BCUT2D eigenvalue weighted by Crippen LogP contribution is -1.99. The standard InChI is InChI=1S/C17H14FN3O2/c1-11(22)5-6-13-8-19-16-15(13)17(21-10-20-16)23-9-12-3-2-4-14(18)7-12/h2-8,10H,9H2,1H3,(H,19,20,21). The topological polar surface area (TPSA) is 67.9 Å². The van der Waals surface area contributed by atoms with E-state index >= 15 is 0 Å². The maximum atomic E-state index is 13.2. The summed E-state index contributed by atoms with van der Waals surface area (Å²) < 4.78 is 18.9. The number of nitrogens with zero attached hydrogens (tertiary/aromatic N) is 2. The van der Waals surface area contributed by atoms with Crippen LogP contribution >= 0.6 is 0 Å². The largest absolute Gasteiger partial charge is 0.472 e. The molecule has 116 valence electrons. The molecule has 0 bridgehead atoms. The molecule has 6 heteroatoms. The minimum atomic E-state index is -0.314. The first-order valence-electron chi connectivity index (χ1n) is 7.01. The minimum Gasteiger partial charge on any atom is -0.472 e. The van der Waals surface area contributed by atoms with E-state index in [1.807, 2.05) is 0 Å². The Bertz CT molecular complexity index is 886. The zero-order chi connectivity index (χ0) is 16.2. The van der Waals surface area contributed by atoms with Crippen LogP contribution in [0.3, 0.4) is 0 Å². The van der Waals surface area contributed by atoms with Crippen molar-refractivity contribution in [1.82, 2.24) is 15.0 Å². The Morgan fingerprint density at radius 1 is 1.39 bits per heavy atom. The van der Waals surface area contributed by atoms with Crippen molar-refractivity contribution in [2.75, 3.05) is 0 Å². The van der Waals surface area contributed by atoms with E-state index < -0.39 is 0 Å². The maximum Gasteiger partial charge on any atom is 0.227 e. The number of allylic oxidation sites excluding steroid dienone is 1. The highest BCUT2D eigenvalue weighted by atomic mass is 19.1. The summed E-state index contributed by atoms with van der Waals surface area (Å²) >= 11 is 0. The molecular formula is C17H14FN3O2. The first-order chi connectivity index (χ1) is 11.1. The molecule has 23 heavy (non-hydrogen) atoms. The highest BCUT2D eigenvalue weighted by molar-refractivity contribution is 5.96. The van der Waals surface area contributed by atoms with Gasteiger partial charge in [-0.15, -0.1) is 0 Å². The molecule has 0 aliphatic heterocycles. The summed E-state index contributed by atoms with van der Waals surface area (Å²) in [4.78, 5) is 22.4. The summed E-state index contributed by atoms with van der Waals surface area (Å²) in [7, 11) is 0. The van der Waals surface area contributed by atoms with Crippen molar-refractivity contribution in [2.24, 2.45) is 0 Å². The number of hydrogen-bond donors (Lipinski definition) is 1. The van der Waals surface area contributed by atoms with Crippen LogP contribution in [-0.4, -0.2) is 20.7 Å². The van der Waals surface area contributed by atoms with Gasteiger partial charge in [0.2, 0.25) is 5.88 Å². The third-order valence-corrected chi connectivity index (χ3v) is 3.23. The molecule has 0 amide bonds. The van der Waals surface area contributed by atoms with Crippen LogP contribution in [0.15, 0.2) is 42.9 Å². The quantitative estimate of drug-likeness (QED) is 0.734. The number of ketones is 1. The molecule has 0 saturated carbocycles. The summed E-state index contributed by atoms with van der Waals surface area (Å²) in [5.74, 6) is 0.00722. The van der Waals surface area contributed by atoms with E-state index in [4.69, 9.17) is 4.74 Å². The molecule has 0 aliphatic rings. The van der Waals surface area contributed by atoms with Crippen molar-refractivity contribution in [3.05, 3.63) is 59.8 Å². The second kappa shape index (κ2) is 6.39. The normalized spacial score (nSPS) is 11.2. The summed E-state index contributed by atoms with van der Waals surface area (Å²) in [5.41, 5.74) is 2.07. The van der Waals surface area contributed by atoms with Crippen LogP contribution in [0.2, 0.25) is 0 Å². The predicted molar refractivity (Wildman–Crippen MR) is 84.3 cm³/mol. The predicted octanol–water partition coefficient (Wildman–Crippen LogP) is 3.28. The monoisotopic (exact) mass is 311 g/mol. The van der Waals surface area contributed by atoms with Gasteiger partial charge in [-0.1, -0.05) is 12.1 Å². The van der Waals surface area contributed by atoms with Gasteiger partial charge in [0.05, 0.1) is 5.39 Å². The van der Waals surface area contributed by atoms with E-state index in [0.717, 1.165) is 5.56 Å². The average Bonchev–Trinajstić information content (AvgIpc) is 2.95. The van der Waals surface area contributed by atoms with Gasteiger partial charge in [-0.3, -0.25) is 4.79 Å². The lowest BCUT2D eigenvalue weighted by molar-refractivity contribution is -0.112. The molecule has 2 heterocycles. The molecule has 0 spiro atoms. The van der Waals surface area contributed by atoms with Gasteiger partial charge < -0.3 is 9.72 Å². The molecule has 2 aromatic heterocycles. The molecule has 3 rings (SSSR count). The van der Waals surface area contributed by atoms with Crippen molar-refractivity contribution in [1.29, 1.82) is 0 Å². The van der Waals surface area contributed by atoms with Gasteiger partial charge in [0.15, 0.2) is 5.78 Å². The number of aromatic amines is 1. The molecule has 0 aliphatic carbocycles. The Morgan fingerprint density at radius 3 is 3.04 bits per heavy atom. The molecule has 0 atom stereocenters. The number of rotatable bonds is 5. The number of benzene rings is 1. The van der Waals surface area contributed by atoms with Crippen molar-refractivity contribution in [2.45, 2.75) is 13.5 Å². The summed E-state index contributed by atoms with van der Waals surface area (Å²) in [5, 5.41) is 0.682. The third-order valence-electron chi connectivity index (χ3n) is 3.23. The van der Waals surface area contributed by atoms with Gasteiger partial charge in [-0.25, -0.2) is 14.4 Å². The molecule has 5 nitrogen and oxygen atoms in total. The summed E-state index contributed by atoms with van der Waals surface area (Å²) in [6, 6.07) is 6.19. The Kier molecular flexibility index (Phi) is 4.14. The van der Waals surface area contributed by atoms with E-state index in [1.54, 1.807) is 24.4 Å². The molecular weight excluding hydrogens is 297 g/mol. The summed E-state index contributed by atoms with van der Waals surface area (Å²) in [6.45, 7) is 1.66. The minimum absolute atomic E-state index is 0.0570. The number of fused-ring (bicyclic) bond motifs is 1. The Hall–Kier alpha value is -3.02. The Balaban J connectivity index is 1.91. The van der Waals surface area contributed by atoms with E-state index in [1.165, 1.54) is 31.5 Å². The second-order valence-corrected chi connectivity index (χ2v) is 5.01. The Labute approximate surface area is 131 Å². The maximum absolute atomic E-state index is 13.2. The number of halogens is 1. The van der Waals surface area contributed by atoms with Crippen LogP contribution in [0, 0.1) is 5.82 Å². The third kappa shape index (κ3) is 3.42. The lowest BCUT2D eigenvalue weighted by Gasteiger charge is -2.07. The zero-order valence-corrected chi connectivity index (χ0v) is 12.4. The van der Waals surface area contributed by atoms with Crippen LogP contribution in [0.4, 0.5) is 4.39 Å². The van der Waals surface area contributed by atoms with E-state index in [0.29, 0.717) is 22.5 Å². The SMILES string of the molecule is CC(=O)C=Cc1c[nH]c2ncnc(OCc3cccc(F)c3)c12. The van der Waals surface area contributed by atoms with Gasteiger partial charge in [0, 0.05) is 11.8 Å². The molecule has 1 N–H and O–H groups in total. The second-order valence-electron chi connectivity index (χ2n) is 5.01. The highest BCUT2D eigenvalue weighted by Crippen LogP contribution is 2.26. The molecule has 3 aromatic rings. The molecule has 0 saturated heterocycles. The number of H-pyrrole nitrogens is 1. The first kappa shape index (κ1) is 14.9. The first-order valence-corrected chi connectivity index (χ1v) is 7.01. The fourth-order valence-corrected chi connectivity index (χ4v) is 2.18. The smallest absolute Gasteiger partial charge is 0.227 e. The zero-order valence-electron chi connectivity index (χ0n) is 12.4. The highest BCUT2D eigenvalue weighted by Gasteiger charge is 2.11. The van der Waals surface area contributed by atoms with Crippen molar-refractivity contribution in [3.8, 4) is 5.88 Å². The molecule has 0 unspecified atom stereocenters.